The van der Waals surface area contributed by atoms with Crippen molar-refractivity contribution in [2.24, 2.45) is 0 Å². The number of alkyl halides is 3. The minimum atomic E-state index is -4.71. The van der Waals surface area contributed by atoms with Crippen LogP contribution >= 0.6 is 23.4 Å². The summed E-state index contributed by atoms with van der Waals surface area (Å²) in [5.41, 5.74) is -2.00. The van der Waals surface area contributed by atoms with Crippen molar-refractivity contribution >= 4 is 46.2 Å². The highest BCUT2D eigenvalue weighted by Gasteiger charge is 2.40. The molecule has 0 N–H and O–H groups in total. The maximum absolute atomic E-state index is 14.1. The van der Waals surface area contributed by atoms with Crippen LogP contribution < -0.4 is 10.6 Å². The van der Waals surface area contributed by atoms with Crippen molar-refractivity contribution in [3.8, 4) is 0 Å². The Hall–Kier alpha value is -2.22. The van der Waals surface area contributed by atoms with E-state index in [1.165, 1.54) is 11.7 Å². The molecule has 3 heterocycles. The van der Waals surface area contributed by atoms with Gasteiger partial charge in [-0.1, -0.05) is 11.6 Å². The molecule has 1 aromatic heterocycles. The Balaban J connectivity index is 1.83. The number of benzene rings is 1. The monoisotopic (exact) mass is 592 g/mol. The highest BCUT2D eigenvalue weighted by molar-refractivity contribution is 7.99. The third-order valence-electron chi connectivity index (χ3n) is 6.51. The molecule has 39 heavy (non-hydrogen) atoms. The van der Waals surface area contributed by atoms with Gasteiger partial charge in [0.1, 0.15) is 18.2 Å². The molecule has 0 radical (unpaired) electrons. The first-order valence-corrected chi connectivity index (χ1v) is 13.8. The predicted molar refractivity (Wildman–Crippen MR) is 143 cm³/mol. The second-order valence-electron chi connectivity index (χ2n) is 10.8. The zero-order valence-corrected chi connectivity index (χ0v) is 24.2. The van der Waals surface area contributed by atoms with Crippen LogP contribution in [0.5, 0.6) is 0 Å². The first-order chi connectivity index (χ1) is 18.1. The Morgan fingerprint density at radius 2 is 1.85 bits per heavy atom. The van der Waals surface area contributed by atoms with Crippen molar-refractivity contribution in [1.82, 2.24) is 14.5 Å². The Kier molecular flexibility index (Phi) is 8.38. The minimum Gasteiger partial charge on any atom is -0.444 e. The number of anilines is 1. The number of thioether (sulfide) groups is 1. The van der Waals surface area contributed by atoms with Gasteiger partial charge in [-0.05, 0) is 40.7 Å². The van der Waals surface area contributed by atoms with Gasteiger partial charge < -0.3 is 19.1 Å². The van der Waals surface area contributed by atoms with Crippen LogP contribution in [0.4, 0.5) is 23.8 Å². The zero-order chi connectivity index (χ0) is 28.9. The van der Waals surface area contributed by atoms with Gasteiger partial charge in [-0.3, -0.25) is 9.47 Å². The van der Waals surface area contributed by atoms with Crippen LogP contribution in [0.2, 0.25) is 5.02 Å². The lowest BCUT2D eigenvalue weighted by Gasteiger charge is -2.45. The minimum absolute atomic E-state index is 0.00288. The number of hydrogen-bond donors (Lipinski definition) is 0. The smallest absolute Gasteiger partial charge is 0.417 e. The average Bonchev–Trinajstić information content (AvgIpc) is 2.80. The van der Waals surface area contributed by atoms with Crippen LogP contribution in [0, 0.1) is 0 Å². The van der Waals surface area contributed by atoms with E-state index in [0.29, 0.717) is 5.52 Å². The fourth-order valence-electron chi connectivity index (χ4n) is 5.07. The summed E-state index contributed by atoms with van der Waals surface area (Å²) < 4.78 is 59.5. The summed E-state index contributed by atoms with van der Waals surface area (Å²) in [5, 5.41) is -0.284. The molecule has 1 aromatic carbocycles. The van der Waals surface area contributed by atoms with E-state index in [1.54, 1.807) is 30.6 Å². The summed E-state index contributed by atoms with van der Waals surface area (Å²) in [6.07, 6.45) is -5.19. The molecule has 1 amide bonds. The molecule has 0 unspecified atom stereocenters. The summed E-state index contributed by atoms with van der Waals surface area (Å²) in [6, 6.07) is -0.249. The summed E-state index contributed by atoms with van der Waals surface area (Å²) in [4.78, 5) is 34.1. The molecule has 2 aliphatic rings. The number of piperazine rings is 1. The van der Waals surface area contributed by atoms with Crippen molar-refractivity contribution in [1.29, 1.82) is 0 Å². The van der Waals surface area contributed by atoms with E-state index in [9.17, 15) is 22.8 Å². The quantitative estimate of drug-likeness (QED) is 0.347. The Bertz CT molecular complexity index is 1300. The number of halogens is 4. The molecule has 1 saturated heterocycles. The largest absolute Gasteiger partial charge is 0.444 e. The lowest BCUT2D eigenvalue weighted by molar-refractivity contribution is -0.137. The number of methoxy groups -OCH3 is 1. The molecular weight excluding hydrogens is 561 g/mol. The fraction of sp³-hybridized carbons (Fsp3) is 0.640. The van der Waals surface area contributed by atoms with Crippen LogP contribution in [-0.2, 0) is 20.4 Å². The summed E-state index contributed by atoms with van der Waals surface area (Å²) in [6.45, 7) is 9.56. The number of hydrogen-bond acceptors (Lipinski definition) is 8. The van der Waals surface area contributed by atoms with Crippen LogP contribution in [0.1, 0.15) is 46.2 Å². The van der Waals surface area contributed by atoms with Crippen LogP contribution in [-0.4, -0.2) is 77.6 Å². The number of carbonyl (C=O) groups excluding carboxylic acids is 1. The van der Waals surface area contributed by atoms with Gasteiger partial charge in [0.15, 0.2) is 0 Å². The average molecular weight is 593 g/mol. The first-order valence-electron chi connectivity index (χ1n) is 12.5. The van der Waals surface area contributed by atoms with Crippen molar-refractivity contribution in [3.63, 3.8) is 0 Å². The van der Waals surface area contributed by atoms with Gasteiger partial charge in [-0.2, -0.15) is 18.2 Å². The van der Waals surface area contributed by atoms with E-state index < -0.39 is 40.2 Å². The number of carbonyl (C=O) groups is 1. The molecule has 0 saturated carbocycles. The van der Waals surface area contributed by atoms with E-state index >= 15 is 0 Å². The van der Waals surface area contributed by atoms with Gasteiger partial charge in [0.25, 0.3) is 0 Å². The second-order valence-corrected chi connectivity index (χ2v) is 12.2. The zero-order valence-electron chi connectivity index (χ0n) is 22.6. The van der Waals surface area contributed by atoms with Gasteiger partial charge in [0.2, 0.25) is 0 Å². The van der Waals surface area contributed by atoms with E-state index in [4.69, 9.17) is 25.8 Å². The number of rotatable bonds is 5. The molecule has 3 atom stereocenters. The molecular formula is C25H32ClF3N4O5S. The molecule has 4 rings (SSSR count). The van der Waals surface area contributed by atoms with E-state index in [0.717, 1.165) is 17.8 Å². The lowest BCUT2D eigenvalue weighted by atomic mass is 10.1. The third kappa shape index (κ3) is 5.96. The van der Waals surface area contributed by atoms with E-state index in [1.807, 2.05) is 13.8 Å². The van der Waals surface area contributed by atoms with Crippen molar-refractivity contribution < 1.29 is 32.2 Å². The Morgan fingerprint density at radius 3 is 2.41 bits per heavy atom. The van der Waals surface area contributed by atoms with Crippen molar-refractivity contribution in [2.45, 2.75) is 69.4 Å². The summed E-state index contributed by atoms with van der Waals surface area (Å²) >= 11 is 7.45. The molecule has 2 aliphatic heterocycles. The summed E-state index contributed by atoms with van der Waals surface area (Å²) in [5.74, 6) is 0.396. The molecule has 0 spiro atoms. The molecule has 9 nitrogen and oxygen atoms in total. The van der Waals surface area contributed by atoms with E-state index in [2.05, 4.69) is 4.98 Å². The van der Waals surface area contributed by atoms with Crippen LogP contribution in [0.25, 0.3) is 10.9 Å². The molecule has 2 aromatic rings. The molecule has 216 valence electrons. The predicted octanol–water partition coefficient (Wildman–Crippen LogP) is 5.17. The van der Waals surface area contributed by atoms with Crippen LogP contribution in [0.3, 0.4) is 0 Å². The first kappa shape index (κ1) is 29.8. The van der Waals surface area contributed by atoms with Gasteiger partial charge in [0, 0.05) is 31.3 Å². The van der Waals surface area contributed by atoms with E-state index in [-0.39, 0.29) is 60.4 Å². The summed E-state index contributed by atoms with van der Waals surface area (Å²) in [7, 11) is 1.47. The third-order valence-corrected chi connectivity index (χ3v) is 8.25. The fourth-order valence-corrected chi connectivity index (χ4v) is 6.67. The number of aromatic nitrogens is 2. The topological polar surface area (TPSA) is 86.1 Å². The maximum Gasteiger partial charge on any atom is 0.417 e. The second kappa shape index (κ2) is 11.0. The number of ether oxygens (including phenoxy) is 3. The lowest BCUT2D eigenvalue weighted by Crippen LogP contribution is -2.60. The van der Waals surface area contributed by atoms with Crippen molar-refractivity contribution in [2.75, 3.05) is 44.3 Å². The van der Waals surface area contributed by atoms with Gasteiger partial charge in [-0.25, -0.2) is 9.59 Å². The van der Waals surface area contributed by atoms with Crippen molar-refractivity contribution in [3.05, 3.63) is 27.1 Å². The molecule has 0 bridgehead atoms. The normalized spacial score (nSPS) is 21.9. The standard InChI is InChI=1S/C25H32ClF3N4O5S/c1-13-8-31(9-14(2)32(13)23(35)38-24(3,4)5)21-16-7-17(25(27,28)29)18(26)20-19(16)33(22(34)30-21)15(11-39-20)10-37-12-36-6/h7,13-15H,8-12H2,1-6H3/t13-,14+,15-/m0/s1. The highest BCUT2D eigenvalue weighted by atomic mass is 35.5. The Morgan fingerprint density at radius 1 is 1.21 bits per heavy atom. The molecule has 14 heteroatoms. The van der Waals surface area contributed by atoms with Crippen LogP contribution in [0.15, 0.2) is 15.8 Å². The maximum atomic E-state index is 14.1. The van der Waals surface area contributed by atoms with Gasteiger partial charge >= 0.3 is 18.0 Å². The number of nitrogens with zero attached hydrogens (tertiary/aromatic N) is 4. The number of amides is 1. The van der Waals surface area contributed by atoms with Gasteiger partial charge in [-0.15, -0.1) is 11.8 Å². The highest BCUT2D eigenvalue weighted by Crippen LogP contribution is 2.48. The molecule has 1 fully saturated rings. The Labute approximate surface area is 233 Å². The van der Waals surface area contributed by atoms with Gasteiger partial charge in [0.05, 0.1) is 45.7 Å². The molecule has 0 aliphatic carbocycles. The SMILES string of the molecule is COCOC[C@H]1CSc2c(Cl)c(C(F)(F)F)cc3c(N4C[C@@H](C)N(C(=O)OC(C)(C)C)[C@@H](C)C4)nc(=O)n1c23.